The average molecular weight is 167 g/mol. The number of rotatable bonds is 5. The van der Waals surface area contributed by atoms with E-state index in [1.807, 2.05) is 0 Å². The summed E-state index contributed by atoms with van der Waals surface area (Å²) in [6.45, 7) is 3.60. The van der Waals surface area contributed by atoms with Crippen molar-refractivity contribution >= 4 is 0 Å². The molecule has 2 rings (SSSR count). The van der Waals surface area contributed by atoms with Crippen LogP contribution >= 0.6 is 0 Å². The molecule has 70 valence electrons. The van der Waals surface area contributed by atoms with Crippen molar-refractivity contribution in [3.05, 3.63) is 0 Å². The molecule has 2 saturated carbocycles. The smallest absolute Gasteiger partial charge is 0.00992 e. The summed E-state index contributed by atoms with van der Waals surface area (Å²) >= 11 is 0. The highest BCUT2D eigenvalue weighted by molar-refractivity contribution is 4.93. The lowest BCUT2D eigenvalue weighted by atomic mass is 9.85. The zero-order chi connectivity index (χ0) is 8.39. The largest absolute Gasteiger partial charge is 0.313 e. The topological polar surface area (TPSA) is 12.0 Å². The highest BCUT2D eigenvalue weighted by atomic mass is 15.0. The molecule has 1 heteroatoms. The maximum atomic E-state index is 3.69. The van der Waals surface area contributed by atoms with Gasteiger partial charge in [-0.2, -0.15) is 0 Å². The monoisotopic (exact) mass is 167 g/mol. The third kappa shape index (κ3) is 2.01. The van der Waals surface area contributed by atoms with Gasteiger partial charge in [-0.25, -0.2) is 0 Å². The number of hydrogen-bond donors (Lipinski definition) is 1. The van der Waals surface area contributed by atoms with Crippen molar-refractivity contribution in [2.24, 2.45) is 11.8 Å². The van der Waals surface area contributed by atoms with Gasteiger partial charge in [0, 0.05) is 6.04 Å². The molecule has 2 fully saturated rings. The van der Waals surface area contributed by atoms with Gasteiger partial charge in [0.1, 0.15) is 0 Å². The van der Waals surface area contributed by atoms with Crippen LogP contribution in [0.25, 0.3) is 0 Å². The molecule has 0 spiro atoms. The van der Waals surface area contributed by atoms with Crippen molar-refractivity contribution in [3.8, 4) is 0 Å². The van der Waals surface area contributed by atoms with Crippen molar-refractivity contribution in [3.63, 3.8) is 0 Å². The Morgan fingerprint density at radius 2 is 2.17 bits per heavy atom. The summed E-state index contributed by atoms with van der Waals surface area (Å²) in [4.78, 5) is 0. The van der Waals surface area contributed by atoms with E-state index in [0.29, 0.717) is 0 Å². The van der Waals surface area contributed by atoms with Crippen LogP contribution < -0.4 is 5.32 Å². The van der Waals surface area contributed by atoms with E-state index < -0.39 is 0 Å². The lowest BCUT2D eigenvalue weighted by Gasteiger charge is -2.25. The highest BCUT2D eigenvalue weighted by Crippen LogP contribution is 2.35. The van der Waals surface area contributed by atoms with Crippen LogP contribution in [-0.2, 0) is 0 Å². The molecule has 0 amide bonds. The second kappa shape index (κ2) is 3.78. The quantitative estimate of drug-likeness (QED) is 0.663. The van der Waals surface area contributed by atoms with Gasteiger partial charge in [-0.1, -0.05) is 19.8 Å². The SMILES string of the molecule is CCCC1CC1NCC1CCC1. The molecule has 2 unspecified atom stereocenters. The molecule has 12 heavy (non-hydrogen) atoms. The van der Waals surface area contributed by atoms with E-state index in [0.717, 1.165) is 17.9 Å². The molecule has 0 aliphatic heterocycles. The Morgan fingerprint density at radius 3 is 2.75 bits per heavy atom. The Kier molecular flexibility index (Phi) is 2.69. The zero-order valence-corrected chi connectivity index (χ0v) is 8.18. The minimum absolute atomic E-state index is 0.908. The Morgan fingerprint density at radius 1 is 1.33 bits per heavy atom. The Hall–Kier alpha value is -0.0400. The fourth-order valence-corrected chi connectivity index (χ4v) is 2.20. The molecule has 0 saturated heterocycles. The molecule has 0 heterocycles. The minimum Gasteiger partial charge on any atom is -0.313 e. The molecule has 2 atom stereocenters. The molecule has 2 aliphatic carbocycles. The first-order valence-corrected chi connectivity index (χ1v) is 5.63. The maximum Gasteiger partial charge on any atom is 0.00992 e. The molecule has 1 nitrogen and oxygen atoms in total. The van der Waals surface area contributed by atoms with Crippen LogP contribution in [0.1, 0.15) is 45.4 Å². The Balaban J connectivity index is 1.51. The fourth-order valence-electron chi connectivity index (χ4n) is 2.20. The molecule has 0 aromatic heterocycles. The van der Waals surface area contributed by atoms with Crippen LogP contribution in [0.2, 0.25) is 0 Å². The summed E-state index contributed by atoms with van der Waals surface area (Å²) < 4.78 is 0. The summed E-state index contributed by atoms with van der Waals surface area (Å²) in [5, 5.41) is 3.69. The van der Waals surface area contributed by atoms with Crippen LogP contribution in [0, 0.1) is 11.8 Å². The molecular weight excluding hydrogens is 146 g/mol. The second-order valence-electron chi connectivity index (χ2n) is 4.60. The van der Waals surface area contributed by atoms with Crippen molar-refractivity contribution in [2.75, 3.05) is 6.54 Å². The Bertz CT molecular complexity index is 140. The van der Waals surface area contributed by atoms with Crippen molar-refractivity contribution in [1.82, 2.24) is 5.32 Å². The molecular formula is C11H21N. The molecule has 0 radical (unpaired) electrons. The van der Waals surface area contributed by atoms with E-state index in [-0.39, 0.29) is 0 Å². The van der Waals surface area contributed by atoms with Crippen LogP contribution in [0.5, 0.6) is 0 Å². The van der Waals surface area contributed by atoms with Gasteiger partial charge in [0.15, 0.2) is 0 Å². The van der Waals surface area contributed by atoms with Gasteiger partial charge in [0.2, 0.25) is 0 Å². The highest BCUT2D eigenvalue weighted by Gasteiger charge is 2.35. The van der Waals surface area contributed by atoms with E-state index in [1.165, 1.54) is 45.1 Å². The standard InChI is InChI=1S/C11H21N/c1-2-4-10-7-11(10)12-8-9-5-3-6-9/h9-12H,2-8H2,1H3. The van der Waals surface area contributed by atoms with Crippen LogP contribution in [0.15, 0.2) is 0 Å². The maximum absolute atomic E-state index is 3.69. The average Bonchev–Trinajstić information content (AvgIpc) is 2.65. The first kappa shape index (κ1) is 8.55. The van der Waals surface area contributed by atoms with Crippen molar-refractivity contribution in [2.45, 2.75) is 51.5 Å². The summed E-state index contributed by atoms with van der Waals surface area (Å²) in [6.07, 6.45) is 8.72. The van der Waals surface area contributed by atoms with Gasteiger partial charge in [-0.15, -0.1) is 0 Å². The minimum atomic E-state index is 0.908. The molecule has 2 aliphatic rings. The third-order valence-corrected chi connectivity index (χ3v) is 3.48. The van der Waals surface area contributed by atoms with Gasteiger partial charge in [0.05, 0.1) is 0 Å². The lowest BCUT2D eigenvalue weighted by molar-refractivity contribution is 0.299. The zero-order valence-electron chi connectivity index (χ0n) is 8.18. The summed E-state index contributed by atoms with van der Waals surface area (Å²) in [5.41, 5.74) is 0. The summed E-state index contributed by atoms with van der Waals surface area (Å²) in [5.74, 6) is 2.07. The number of nitrogens with one attached hydrogen (secondary N) is 1. The molecule has 1 N–H and O–H groups in total. The van der Waals surface area contributed by atoms with Crippen LogP contribution in [-0.4, -0.2) is 12.6 Å². The third-order valence-electron chi connectivity index (χ3n) is 3.48. The van der Waals surface area contributed by atoms with Crippen LogP contribution in [0.4, 0.5) is 0 Å². The molecule has 0 aromatic rings. The fraction of sp³-hybridized carbons (Fsp3) is 1.00. The van der Waals surface area contributed by atoms with Crippen molar-refractivity contribution in [1.29, 1.82) is 0 Å². The van der Waals surface area contributed by atoms with Gasteiger partial charge in [-0.05, 0) is 44.1 Å². The number of hydrogen-bond acceptors (Lipinski definition) is 1. The molecule has 0 aromatic carbocycles. The lowest BCUT2D eigenvalue weighted by Crippen LogP contribution is -2.29. The molecule has 0 bridgehead atoms. The van der Waals surface area contributed by atoms with Gasteiger partial charge >= 0.3 is 0 Å². The normalized spacial score (nSPS) is 34.8. The van der Waals surface area contributed by atoms with Gasteiger partial charge < -0.3 is 5.32 Å². The van der Waals surface area contributed by atoms with Gasteiger partial charge in [-0.3, -0.25) is 0 Å². The van der Waals surface area contributed by atoms with E-state index >= 15 is 0 Å². The first-order valence-electron chi connectivity index (χ1n) is 5.63. The predicted octanol–water partition coefficient (Wildman–Crippen LogP) is 2.56. The Labute approximate surface area is 75.9 Å². The van der Waals surface area contributed by atoms with E-state index in [9.17, 15) is 0 Å². The second-order valence-corrected chi connectivity index (χ2v) is 4.60. The summed E-state index contributed by atoms with van der Waals surface area (Å²) in [7, 11) is 0. The van der Waals surface area contributed by atoms with Gasteiger partial charge in [0.25, 0.3) is 0 Å². The van der Waals surface area contributed by atoms with E-state index in [4.69, 9.17) is 0 Å². The predicted molar refractivity (Wildman–Crippen MR) is 52.1 cm³/mol. The van der Waals surface area contributed by atoms with E-state index in [2.05, 4.69) is 12.2 Å². The van der Waals surface area contributed by atoms with Crippen molar-refractivity contribution < 1.29 is 0 Å². The summed E-state index contributed by atoms with van der Waals surface area (Å²) in [6, 6.07) is 0.908. The van der Waals surface area contributed by atoms with E-state index in [1.54, 1.807) is 0 Å². The first-order chi connectivity index (χ1) is 5.90. The van der Waals surface area contributed by atoms with Crippen LogP contribution in [0.3, 0.4) is 0 Å².